The molecular weight excluding hydrogens is 244 g/mol. The maximum Gasteiger partial charge on any atom is 0.328 e. The van der Waals surface area contributed by atoms with Gasteiger partial charge in [0.1, 0.15) is 6.04 Å². The summed E-state index contributed by atoms with van der Waals surface area (Å²) >= 11 is 0. The van der Waals surface area contributed by atoms with Crippen molar-refractivity contribution in [1.82, 2.24) is 0 Å². The first-order valence-corrected chi connectivity index (χ1v) is 6.39. The van der Waals surface area contributed by atoms with Gasteiger partial charge in [-0.2, -0.15) is 0 Å². The number of hydrogen-bond acceptors (Lipinski definition) is 4. The van der Waals surface area contributed by atoms with Gasteiger partial charge in [-0.1, -0.05) is 18.2 Å². The second-order valence-electron chi connectivity index (χ2n) is 4.58. The maximum absolute atomic E-state index is 12.2. The number of nitrogens with zero attached hydrogens (tertiary/aromatic N) is 1. The Morgan fingerprint density at radius 2 is 2.21 bits per heavy atom. The molecule has 0 aliphatic carbocycles. The Morgan fingerprint density at radius 1 is 1.53 bits per heavy atom. The molecule has 0 fully saturated rings. The van der Waals surface area contributed by atoms with E-state index in [9.17, 15) is 9.59 Å². The number of anilines is 1. The molecule has 2 atom stereocenters. The highest BCUT2D eigenvalue weighted by Gasteiger charge is 2.36. The largest absolute Gasteiger partial charge is 0.464 e. The number of ether oxygens (including phenoxy) is 1. The number of carbonyl (C=O) groups excluding carboxylic acids is 2. The van der Waals surface area contributed by atoms with E-state index < -0.39 is 18.1 Å². The van der Waals surface area contributed by atoms with Crippen LogP contribution in [0.3, 0.4) is 0 Å². The maximum atomic E-state index is 12.2. The second-order valence-corrected chi connectivity index (χ2v) is 4.58. The second kappa shape index (κ2) is 5.40. The lowest BCUT2D eigenvalue weighted by Crippen LogP contribution is -2.54. The Kier molecular flexibility index (Phi) is 3.85. The first-order chi connectivity index (χ1) is 9.06. The van der Waals surface area contributed by atoms with Gasteiger partial charge in [-0.15, -0.1) is 0 Å². The zero-order valence-corrected chi connectivity index (χ0v) is 11.1. The molecule has 102 valence electrons. The fourth-order valence-electron chi connectivity index (χ4n) is 2.31. The number of fused-ring (bicyclic) bond motifs is 1. The fraction of sp³-hybridized carbons (Fsp3) is 0.429. The average Bonchev–Trinajstić information content (AvgIpc) is 2.40. The lowest BCUT2D eigenvalue weighted by atomic mass is 9.96. The van der Waals surface area contributed by atoms with Crippen LogP contribution in [0.5, 0.6) is 0 Å². The summed E-state index contributed by atoms with van der Waals surface area (Å²) in [4.78, 5) is 25.5. The van der Waals surface area contributed by atoms with Crippen molar-refractivity contribution in [3.05, 3.63) is 29.8 Å². The SMILES string of the molecule is CCOC(=O)C(C)N1C(=O)C(N)Cc2ccccc21. The van der Waals surface area contributed by atoms with Crippen LogP contribution in [-0.4, -0.2) is 30.6 Å². The monoisotopic (exact) mass is 262 g/mol. The molecule has 1 aliphatic rings. The van der Waals surface area contributed by atoms with E-state index in [1.807, 2.05) is 24.3 Å². The summed E-state index contributed by atoms with van der Waals surface area (Å²) < 4.78 is 4.98. The lowest BCUT2D eigenvalue weighted by molar-refractivity contribution is -0.145. The molecule has 1 aliphatic heterocycles. The predicted molar refractivity (Wildman–Crippen MR) is 71.7 cm³/mol. The van der Waals surface area contributed by atoms with E-state index in [1.165, 1.54) is 4.90 Å². The molecule has 1 amide bonds. The normalized spacial score (nSPS) is 19.8. The average molecular weight is 262 g/mol. The summed E-state index contributed by atoms with van der Waals surface area (Å²) in [6, 6.07) is 6.22. The Morgan fingerprint density at radius 3 is 2.89 bits per heavy atom. The van der Waals surface area contributed by atoms with Crippen molar-refractivity contribution in [2.24, 2.45) is 5.73 Å². The van der Waals surface area contributed by atoms with Crippen LogP contribution < -0.4 is 10.6 Å². The van der Waals surface area contributed by atoms with Gasteiger partial charge in [0.25, 0.3) is 0 Å². The minimum Gasteiger partial charge on any atom is -0.464 e. The highest BCUT2D eigenvalue weighted by Crippen LogP contribution is 2.29. The van der Waals surface area contributed by atoms with Crippen molar-refractivity contribution in [3.8, 4) is 0 Å². The van der Waals surface area contributed by atoms with Crippen molar-refractivity contribution in [2.75, 3.05) is 11.5 Å². The van der Waals surface area contributed by atoms with Crippen molar-refractivity contribution >= 4 is 17.6 Å². The summed E-state index contributed by atoms with van der Waals surface area (Å²) in [6.07, 6.45) is 0.501. The van der Waals surface area contributed by atoms with Gasteiger partial charge in [0, 0.05) is 5.69 Å². The summed E-state index contributed by atoms with van der Waals surface area (Å²) in [5, 5.41) is 0. The highest BCUT2D eigenvalue weighted by molar-refractivity contribution is 6.04. The van der Waals surface area contributed by atoms with E-state index in [0.29, 0.717) is 13.0 Å². The molecular formula is C14H18N2O3. The quantitative estimate of drug-likeness (QED) is 0.820. The van der Waals surface area contributed by atoms with E-state index in [1.54, 1.807) is 13.8 Å². The Labute approximate surface area is 112 Å². The molecule has 5 heteroatoms. The van der Waals surface area contributed by atoms with Crippen LogP contribution in [0.1, 0.15) is 19.4 Å². The minimum atomic E-state index is -0.667. The summed E-state index contributed by atoms with van der Waals surface area (Å²) in [6.45, 7) is 3.69. The zero-order chi connectivity index (χ0) is 14.0. The van der Waals surface area contributed by atoms with Crippen LogP contribution in [0, 0.1) is 0 Å². The number of hydrogen-bond donors (Lipinski definition) is 1. The first-order valence-electron chi connectivity index (χ1n) is 6.39. The number of nitrogens with two attached hydrogens (primary N) is 1. The molecule has 2 rings (SSSR count). The van der Waals surface area contributed by atoms with Gasteiger partial charge in [-0.25, -0.2) is 4.79 Å². The fourth-order valence-corrected chi connectivity index (χ4v) is 2.31. The molecule has 0 spiro atoms. The number of carbonyl (C=O) groups is 2. The van der Waals surface area contributed by atoms with E-state index in [4.69, 9.17) is 10.5 Å². The molecule has 19 heavy (non-hydrogen) atoms. The third-order valence-corrected chi connectivity index (χ3v) is 3.26. The molecule has 1 aromatic carbocycles. The number of benzene rings is 1. The van der Waals surface area contributed by atoms with Gasteiger partial charge in [0.05, 0.1) is 12.6 Å². The minimum absolute atomic E-state index is 0.237. The summed E-state index contributed by atoms with van der Waals surface area (Å²) in [5.74, 6) is -0.654. The highest BCUT2D eigenvalue weighted by atomic mass is 16.5. The molecule has 5 nitrogen and oxygen atoms in total. The van der Waals surface area contributed by atoms with Crippen LogP contribution in [0.25, 0.3) is 0 Å². The lowest BCUT2D eigenvalue weighted by Gasteiger charge is -2.35. The van der Waals surface area contributed by atoms with Crippen LogP contribution in [0.2, 0.25) is 0 Å². The summed E-state index contributed by atoms with van der Waals surface area (Å²) in [7, 11) is 0. The molecule has 0 saturated heterocycles. The van der Waals surface area contributed by atoms with Crippen LogP contribution in [0.4, 0.5) is 5.69 Å². The van der Waals surface area contributed by atoms with Crippen LogP contribution in [0.15, 0.2) is 24.3 Å². The van der Waals surface area contributed by atoms with Gasteiger partial charge in [0.15, 0.2) is 0 Å². The van der Waals surface area contributed by atoms with E-state index in [0.717, 1.165) is 11.3 Å². The van der Waals surface area contributed by atoms with Crippen molar-refractivity contribution in [2.45, 2.75) is 32.4 Å². The van der Waals surface area contributed by atoms with Crippen molar-refractivity contribution < 1.29 is 14.3 Å². The Balaban J connectivity index is 2.37. The third kappa shape index (κ3) is 2.46. The molecule has 2 unspecified atom stereocenters. The van der Waals surface area contributed by atoms with Crippen molar-refractivity contribution in [3.63, 3.8) is 0 Å². The van der Waals surface area contributed by atoms with Crippen LogP contribution in [-0.2, 0) is 20.7 Å². The molecule has 0 bridgehead atoms. The first kappa shape index (κ1) is 13.5. The van der Waals surface area contributed by atoms with Gasteiger partial charge < -0.3 is 10.5 Å². The Hall–Kier alpha value is -1.88. The standard InChI is InChI=1S/C14H18N2O3/c1-3-19-14(18)9(2)16-12-7-5-4-6-10(12)8-11(15)13(16)17/h4-7,9,11H,3,8,15H2,1-2H3. The molecule has 0 aromatic heterocycles. The zero-order valence-electron chi connectivity index (χ0n) is 11.1. The molecule has 1 heterocycles. The van der Waals surface area contributed by atoms with E-state index in [2.05, 4.69) is 0 Å². The van der Waals surface area contributed by atoms with E-state index >= 15 is 0 Å². The Bertz CT molecular complexity index is 501. The molecule has 2 N–H and O–H groups in total. The number of amides is 1. The van der Waals surface area contributed by atoms with Crippen molar-refractivity contribution in [1.29, 1.82) is 0 Å². The van der Waals surface area contributed by atoms with Gasteiger partial charge in [-0.3, -0.25) is 9.69 Å². The number of para-hydroxylation sites is 1. The third-order valence-electron chi connectivity index (χ3n) is 3.26. The smallest absolute Gasteiger partial charge is 0.328 e. The number of rotatable bonds is 3. The molecule has 1 aromatic rings. The summed E-state index contributed by atoms with van der Waals surface area (Å²) in [5.41, 5.74) is 7.57. The van der Waals surface area contributed by atoms with Gasteiger partial charge in [0.2, 0.25) is 5.91 Å². The topological polar surface area (TPSA) is 72.6 Å². The predicted octanol–water partition coefficient (Wildman–Crippen LogP) is 0.855. The van der Waals surface area contributed by atoms with Gasteiger partial charge in [-0.05, 0) is 31.9 Å². The van der Waals surface area contributed by atoms with E-state index in [-0.39, 0.29) is 5.91 Å². The van der Waals surface area contributed by atoms with Gasteiger partial charge >= 0.3 is 5.97 Å². The molecule has 0 radical (unpaired) electrons. The van der Waals surface area contributed by atoms with Crippen LogP contribution >= 0.6 is 0 Å². The number of esters is 1. The molecule has 0 saturated carbocycles.